The number of hydrogen-bond donors (Lipinski definition) is 1. The predicted octanol–water partition coefficient (Wildman–Crippen LogP) is 1.68. The molecule has 5 heteroatoms. The Labute approximate surface area is 111 Å². The van der Waals surface area contributed by atoms with E-state index in [0.717, 1.165) is 0 Å². The van der Waals surface area contributed by atoms with Gasteiger partial charge in [0.05, 0.1) is 0 Å². The van der Waals surface area contributed by atoms with Crippen molar-refractivity contribution in [2.45, 2.75) is 39.3 Å². The van der Waals surface area contributed by atoms with Gasteiger partial charge in [0.1, 0.15) is 6.04 Å². The summed E-state index contributed by atoms with van der Waals surface area (Å²) in [5.74, 6) is 0.00805. The summed E-state index contributed by atoms with van der Waals surface area (Å²) in [6.07, 6.45) is 1.04. The maximum Gasteiger partial charge on any atom is 0.245 e. The number of amides is 2. The molecule has 1 aliphatic rings. The molecule has 98 valence electrons. The monoisotopic (exact) mass is 266 g/mol. The van der Waals surface area contributed by atoms with Gasteiger partial charge in [0.2, 0.25) is 11.8 Å². The van der Waals surface area contributed by atoms with Gasteiger partial charge in [-0.25, -0.2) is 0 Å². The molecule has 18 heavy (non-hydrogen) atoms. The van der Waals surface area contributed by atoms with Crippen LogP contribution in [0.15, 0.2) is 10.8 Å². The molecule has 0 radical (unpaired) electrons. The zero-order valence-corrected chi connectivity index (χ0v) is 11.5. The zero-order valence-electron chi connectivity index (χ0n) is 10.7. The van der Waals surface area contributed by atoms with E-state index in [2.05, 4.69) is 23.0 Å². The maximum absolute atomic E-state index is 12.3. The zero-order chi connectivity index (χ0) is 13.1. The summed E-state index contributed by atoms with van der Waals surface area (Å²) in [4.78, 5) is 25.6. The van der Waals surface area contributed by atoms with Gasteiger partial charge in [-0.3, -0.25) is 9.59 Å². The van der Waals surface area contributed by atoms with Crippen LogP contribution in [0.1, 0.15) is 30.9 Å². The van der Waals surface area contributed by atoms with E-state index in [9.17, 15) is 9.59 Å². The minimum Gasteiger partial charge on any atom is -0.344 e. The summed E-state index contributed by atoms with van der Waals surface area (Å²) in [5.41, 5.74) is 2.39. The number of carbonyl (C=O) groups is 2. The Kier molecular flexibility index (Phi) is 4.01. The first-order chi connectivity index (χ1) is 8.61. The average Bonchev–Trinajstić information content (AvgIpc) is 2.70. The van der Waals surface area contributed by atoms with Gasteiger partial charge in [-0.15, -0.1) is 0 Å². The topological polar surface area (TPSA) is 49.4 Å². The fraction of sp³-hybridized carbons (Fsp3) is 0.538. The van der Waals surface area contributed by atoms with Crippen LogP contribution in [0.25, 0.3) is 0 Å². The van der Waals surface area contributed by atoms with E-state index in [1.54, 1.807) is 16.2 Å². The number of thiophene rings is 1. The van der Waals surface area contributed by atoms with E-state index in [4.69, 9.17) is 0 Å². The van der Waals surface area contributed by atoms with Crippen molar-refractivity contribution in [3.05, 3.63) is 21.9 Å². The van der Waals surface area contributed by atoms with Gasteiger partial charge < -0.3 is 10.2 Å². The molecule has 4 nitrogen and oxygen atoms in total. The van der Waals surface area contributed by atoms with Crippen LogP contribution < -0.4 is 5.32 Å². The molecule has 2 heterocycles. The van der Waals surface area contributed by atoms with Gasteiger partial charge in [0, 0.05) is 19.5 Å². The summed E-state index contributed by atoms with van der Waals surface area (Å²) in [6.45, 7) is 5.09. The Morgan fingerprint density at radius 2 is 2.22 bits per heavy atom. The summed E-state index contributed by atoms with van der Waals surface area (Å²) in [6, 6.07) is -0.362. The maximum atomic E-state index is 12.3. The molecule has 2 rings (SSSR count). The van der Waals surface area contributed by atoms with Gasteiger partial charge in [-0.2, -0.15) is 11.3 Å². The van der Waals surface area contributed by atoms with Crippen molar-refractivity contribution in [1.82, 2.24) is 10.2 Å². The smallest absolute Gasteiger partial charge is 0.245 e. The second-order valence-electron chi connectivity index (χ2n) is 4.62. The average molecular weight is 266 g/mol. The molecule has 2 amide bonds. The van der Waals surface area contributed by atoms with E-state index >= 15 is 0 Å². The third-order valence-electron chi connectivity index (χ3n) is 3.28. The number of aryl methyl sites for hydroxylation is 1. The highest BCUT2D eigenvalue weighted by Gasteiger charge is 2.28. The van der Waals surface area contributed by atoms with Crippen molar-refractivity contribution < 1.29 is 9.59 Å². The Bertz CT molecular complexity index is 456. The number of hydrogen-bond acceptors (Lipinski definition) is 3. The Balaban J connectivity index is 2.13. The van der Waals surface area contributed by atoms with E-state index in [0.29, 0.717) is 25.9 Å². The largest absolute Gasteiger partial charge is 0.344 e. The number of nitrogens with zero attached hydrogens (tertiary/aromatic N) is 1. The second kappa shape index (κ2) is 5.52. The molecule has 1 unspecified atom stereocenters. The lowest BCUT2D eigenvalue weighted by Crippen LogP contribution is -2.43. The third-order valence-corrected chi connectivity index (χ3v) is 4.20. The van der Waals surface area contributed by atoms with Crippen LogP contribution in [-0.2, 0) is 16.1 Å². The van der Waals surface area contributed by atoms with Crippen molar-refractivity contribution in [1.29, 1.82) is 0 Å². The summed E-state index contributed by atoms with van der Waals surface area (Å²) < 4.78 is 0. The van der Waals surface area contributed by atoms with Crippen molar-refractivity contribution in [2.75, 3.05) is 6.54 Å². The van der Waals surface area contributed by atoms with E-state index < -0.39 is 0 Å². The first-order valence-corrected chi connectivity index (χ1v) is 7.16. The minimum atomic E-state index is -0.362. The fourth-order valence-corrected chi connectivity index (χ4v) is 2.93. The van der Waals surface area contributed by atoms with Crippen LogP contribution in [0.2, 0.25) is 0 Å². The quantitative estimate of drug-likeness (QED) is 0.905. The lowest BCUT2D eigenvalue weighted by Gasteiger charge is -2.23. The van der Waals surface area contributed by atoms with E-state index in [1.807, 2.05) is 6.92 Å². The Morgan fingerprint density at radius 1 is 1.44 bits per heavy atom. The molecule has 1 aliphatic heterocycles. The van der Waals surface area contributed by atoms with Crippen molar-refractivity contribution in [3.8, 4) is 0 Å². The Morgan fingerprint density at radius 3 is 2.83 bits per heavy atom. The van der Waals surface area contributed by atoms with Crippen LogP contribution in [0, 0.1) is 6.92 Å². The molecule has 1 aromatic rings. The molecule has 1 aromatic heterocycles. The molecular weight excluding hydrogens is 248 g/mol. The second-order valence-corrected chi connectivity index (χ2v) is 5.36. The summed E-state index contributed by atoms with van der Waals surface area (Å²) >= 11 is 1.65. The molecule has 1 N–H and O–H groups in total. The molecule has 0 spiro atoms. The van der Waals surface area contributed by atoms with Gasteiger partial charge in [0.25, 0.3) is 0 Å². The van der Waals surface area contributed by atoms with Crippen molar-refractivity contribution in [3.63, 3.8) is 0 Å². The number of rotatable bonds is 3. The molecular formula is C13H18N2O2S. The highest BCUT2D eigenvalue weighted by atomic mass is 32.1. The first kappa shape index (κ1) is 13.1. The molecule has 1 fully saturated rings. The lowest BCUT2D eigenvalue weighted by molar-refractivity contribution is -0.134. The van der Waals surface area contributed by atoms with Gasteiger partial charge in [-0.05, 0) is 35.2 Å². The van der Waals surface area contributed by atoms with Crippen LogP contribution in [0.3, 0.4) is 0 Å². The number of carbonyl (C=O) groups excluding carboxylic acids is 2. The molecule has 0 bridgehead atoms. The van der Waals surface area contributed by atoms with Gasteiger partial charge in [0.15, 0.2) is 0 Å². The summed E-state index contributed by atoms with van der Waals surface area (Å²) in [7, 11) is 0. The highest BCUT2D eigenvalue weighted by molar-refractivity contribution is 7.08. The SMILES string of the molecule is CCC1NC(=O)CCN(Cc2cscc2C)C1=O. The molecule has 1 saturated heterocycles. The summed E-state index contributed by atoms with van der Waals surface area (Å²) in [5, 5.41) is 6.93. The lowest BCUT2D eigenvalue weighted by atomic mass is 10.1. The van der Waals surface area contributed by atoms with Crippen LogP contribution in [0.4, 0.5) is 0 Å². The number of nitrogens with one attached hydrogen (secondary N) is 1. The molecule has 1 atom stereocenters. The molecule has 0 saturated carbocycles. The van der Waals surface area contributed by atoms with Gasteiger partial charge >= 0.3 is 0 Å². The van der Waals surface area contributed by atoms with Crippen LogP contribution in [-0.4, -0.2) is 29.3 Å². The van der Waals surface area contributed by atoms with Crippen LogP contribution in [0.5, 0.6) is 0 Å². The molecule has 0 aromatic carbocycles. The van der Waals surface area contributed by atoms with E-state index in [-0.39, 0.29) is 17.9 Å². The molecule has 0 aliphatic carbocycles. The normalized spacial score (nSPS) is 20.8. The minimum absolute atomic E-state index is 0.0280. The van der Waals surface area contributed by atoms with Crippen molar-refractivity contribution in [2.24, 2.45) is 0 Å². The third kappa shape index (κ3) is 2.72. The Hall–Kier alpha value is -1.36. The fourth-order valence-electron chi connectivity index (χ4n) is 2.08. The van der Waals surface area contributed by atoms with Crippen LogP contribution >= 0.6 is 11.3 Å². The van der Waals surface area contributed by atoms with Gasteiger partial charge in [-0.1, -0.05) is 6.92 Å². The van der Waals surface area contributed by atoms with E-state index in [1.165, 1.54) is 11.1 Å². The standard InChI is InChI=1S/C13H18N2O2S/c1-3-11-13(17)15(5-4-12(16)14-11)6-10-8-18-7-9(10)2/h7-8,11H,3-6H2,1-2H3,(H,14,16). The predicted molar refractivity (Wildman–Crippen MR) is 71.3 cm³/mol. The first-order valence-electron chi connectivity index (χ1n) is 6.21. The van der Waals surface area contributed by atoms with Crippen molar-refractivity contribution >= 4 is 23.2 Å². The highest BCUT2D eigenvalue weighted by Crippen LogP contribution is 2.18.